The molecule has 2 aliphatic heterocycles. The quantitative estimate of drug-likeness (QED) is 0.838. The molecule has 0 radical (unpaired) electrons. The molecule has 2 N–H and O–H groups in total. The van der Waals surface area contributed by atoms with E-state index < -0.39 is 0 Å². The minimum Gasteiger partial charge on any atom is -0.496 e. The van der Waals surface area contributed by atoms with Crippen molar-refractivity contribution in [2.75, 3.05) is 25.6 Å². The molecule has 2 heterocycles. The maximum atomic E-state index is 12.0. The van der Waals surface area contributed by atoms with Crippen molar-refractivity contribution in [3.63, 3.8) is 0 Å². The number of carbonyl (C=O) groups excluding carboxylic acids is 1. The number of anilines is 1. The van der Waals surface area contributed by atoms with Gasteiger partial charge in [-0.1, -0.05) is 30.3 Å². The molecular formula is C23H29N3O2. The van der Waals surface area contributed by atoms with Crippen LogP contribution in [0.15, 0.2) is 42.5 Å². The fourth-order valence-corrected chi connectivity index (χ4v) is 4.41. The van der Waals surface area contributed by atoms with E-state index in [0.29, 0.717) is 18.5 Å². The molecule has 2 aromatic carbocycles. The Bertz CT molecular complexity index is 837. The van der Waals surface area contributed by atoms with Crippen molar-refractivity contribution in [2.45, 2.75) is 44.3 Å². The predicted molar refractivity (Wildman–Crippen MR) is 112 cm³/mol. The fraction of sp³-hybridized carbons (Fsp3) is 0.435. The van der Waals surface area contributed by atoms with Gasteiger partial charge >= 0.3 is 0 Å². The average molecular weight is 380 g/mol. The molecule has 0 aliphatic carbocycles. The summed E-state index contributed by atoms with van der Waals surface area (Å²) in [6, 6.07) is 15.6. The Morgan fingerprint density at radius 1 is 1.21 bits per heavy atom. The Balaban J connectivity index is 1.53. The highest BCUT2D eigenvalue weighted by molar-refractivity contribution is 5.96. The normalized spacial score (nSPS) is 22.1. The molecular weight excluding hydrogens is 350 g/mol. The molecule has 0 saturated carbocycles. The van der Waals surface area contributed by atoms with Crippen LogP contribution in [-0.2, 0) is 17.8 Å². The summed E-state index contributed by atoms with van der Waals surface area (Å²) >= 11 is 0. The van der Waals surface area contributed by atoms with Crippen LogP contribution in [0.1, 0.15) is 42.0 Å². The van der Waals surface area contributed by atoms with Gasteiger partial charge in [0.2, 0.25) is 5.91 Å². The molecule has 5 nitrogen and oxygen atoms in total. The lowest BCUT2D eigenvalue weighted by Crippen LogP contribution is -2.45. The van der Waals surface area contributed by atoms with Crippen LogP contribution in [0.3, 0.4) is 0 Å². The summed E-state index contributed by atoms with van der Waals surface area (Å²) in [7, 11) is 3.54. The predicted octanol–water partition coefficient (Wildman–Crippen LogP) is 3.19. The Morgan fingerprint density at radius 2 is 2.04 bits per heavy atom. The average Bonchev–Trinajstić information content (AvgIpc) is 2.75. The summed E-state index contributed by atoms with van der Waals surface area (Å²) in [6.07, 6.45) is 3.70. The number of rotatable bonds is 5. The highest BCUT2D eigenvalue weighted by Crippen LogP contribution is 2.34. The van der Waals surface area contributed by atoms with Gasteiger partial charge in [-0.2, -0.15) is 0 Å². The summed E-state index contributed by atoms with van der Waals surface area (Å²) in [5.74, 6) is 1.01. The maximum Gasteiger partial charge on any atom is 0.227 e. The van der Waals surface area contributed by atoms with Crippen LogP contribution in [0.4, 0.5) is 5.69 Å². The van der Waals surface area contributed by atoms with Crippen molar-refractivity contribution in [1.29, 1.82) is 0 Å². The van der Waals surface area contributed by atoms with E-state index in [1.807, 2.05) is 13.1 Å². The van der Waals surface area contributed by atoms with Crippen LogP contribution in [-0.4, -0.2) is 32.7 Å². The molecule has 1 saturated heterocycles. The third kappa shape index (κ3) is 3.77. The number of fused-ring (bicyclic) bond motifs is 1. The zero-order valence-corrected chi connectivity index (χ0v) is 16.7. The first kappa shape index (κ1) is 19.0. The van der Waals surface area contributed by atoms with Gasteiger partial charge in [-0.05, 0) is 43.0 Å². The monoisotopic (exact) mass is 379 g/mol. The van der Waals surface area contributed by atoms with E-state index in [1.54, 1.807) is 12.0 Å². The molecule has 0 unspecified atom stereocenters. The third-order valence-electron chi connectivity index (χ3n) is 6.00. The first-order chi connectivity index (χ1) is 13.7. The first-order valence-corrected chi connectivity index (χ1v) is 10.2. The number of carbonyl (C=O) groups is 1. The van der Waals surface area contributed by atoms with Crippen molar-refractivity contribution in [2.24, 2.45) is 0 Å². The lowest BCUT2D eigenvalue weighted by molar-refractivity contribution is -0.118. The van der Waals surface area contributed by atoms with Gasteiger partial charge in [-0.3, -0.25) is 4.79 Å². The molecule has 4 rings (SSSR count). The molecule has 2 atom stereocenters. The van der Waals surface area contributed by atoms with Gasteiger partial charge < -0.3 is 20.3 Å². The van der Waals surface area contributed by atoms with Crippen molar-refractivity contribution < 1.29 is 9.53 Å². The lowest BCUT2D eigenvalue weighted by Gasteiger charge is -2.34. The number of ether oxygens (including phenoxy) is 1. The third-order valence-corrected chi connectivity index (χ3v) is 6.00. The minimum absolute atomic E-state index is 0.166. The van der Waals surface area contributed by atoms with Crippen LogP contribution in [0.5, 0.6) is 5.75 Å². The van der Waals surface area contributed by atoms with E-state index in [1.165, 1.54) is 17.5 Å². The van der Waals surface area contributed by atoms with Crippen molar-refractivity contribution in [3.8, 4) is 5.75 Å². The van der Waals surface area contributed by atoms with Gasteiger partial charge in [0.25, 0.3) is 0 Å². The van der Waals surface area contributed by atoms with Crippen LogP contribution in [0, 0.1) is 0 Å². The second-order valence-corrected chi connectivity index (χ2v) is 7.72. The smallest absolute Gasteiger partial charge is 0.227 e. The maximum absolute atomic E-state index is 12.0. The summed E-state index contributed by atoms with van der Waals surface area (Å²) in [5, 5.41) is 7.44. The summed E-state index contributed by atoms with van der Waals surface area (Å²) in [5.41, 5.74) is 4.68. The minimum atomic E-state index is 0.166. The molecule has 1 fully saturated rings. The van der Waals surface area contributed by atoms with Gasteiger partial charge in [-0.15, -0.1) is 0 Å². The Hall–Kier alpha value is -2.37. The van der Waals surface area contributed by atoms with Crippen molar-refractivity contribution in [3.05, 3.63) is 59.2 Å². The highest BCUT2D eigenvalue weighted by atomic mass is 16.5. The number of aryl methyl sites for hydroxylation is 1. The van der Waals surface area contributed by atoms with Crippen molar-refractivity contribution >= 4 is 11.6 Å². The molecule has 0 spiro atoms. The van der Waals surface area contributed by atoms with Crippen LogP contribution >= 0.6 is 0 Å². The Kier molecular flexibility index (Phi) is 5.64. The number of methoxy groups -OCH3 is 1. The molecule has 148 valence electrons. The lowest BCUT2D eigenvalue weighted by atomic mass is 9.92. The number of nitrogens with zero attached hydrogens (tertiary/aromatic N) is 1. The summed E-state index contributed by atoms with van der Waals surface area (Å²) in [4.78, 5) is 13.8. The van der Waals surface area contributed by atoms with Gasteiger partial charge in [0.05, 0.1) is 12.8 Å². The van der Waals surface area contributed by atoms with Gasteiger partial charge in [0.15, 0.2) is 0 Å². The van der Waals surface area contributed by atoms with Crippen LogP contribution < -0.4 is 20.3 Å². The Labute approximate surface area is 167 Å². The van der Waals surface area contributed by atoms with E-state index in [2.05, 4.69) is 47.0 Å². The van der Waals surface area contributed by atoms with Gasteiger partial charge in [-0.25, -0.2) is 0 Å². The standard InChI is InChI=1S/C23H29N3O2/c1-26-20-14-21(28-2)18(13-17(20)10-11-22(26)27)15-25-19-9-6-12-24-23(19)16-7-4-3-5-8-16/h3-5,7-8,13-14,19,23-25H,6,9-12,15H2,1-2H3/t19-,23-/m0/s1. The molecule has 5 heteroatoms. The van der Waals surface area contributed by atoms with Crippen molar-refractivity contribution in [1.82, 2.24) is 10.6 Å². The number of amides is 1. The number of piperidine rings is 1. The molecule has 1 amide bonds. The fourth-order valence-electron chi connectivity index (χ4n) is 4.41. The van der Waals surface area contributed by atoms with Crippen LogP contribution in [0.2, 0.25) is 0 Å². The van der Waals surface area contributed by atoms with E-state index in [9.17, 15) is 4.79 Å². The van der Waals surface area contributed by atoms with Gasteiger partial charge in [0.1, 0.15) is 5.75 Å². The van der Waals surface area contributed by atoms with E-state index in [-0.39, 0.29) is 5.91 Å². The zero-order valence-electron chi connectivity index (χ0n) is 16.7. The molecule has 2 aliphatic rings. The Morgan fingerprint density at radius 3 is 2.82 bits per heavy atom. The number of nitrogens with one attached hydrogen (secondary N) is 2. The van der Waals surface area contributed by atoms with E-state index in [4.69, 9.17) is 4.74 Å². The highest BCUT2D eigenvalue weighted by Gasteiger charge is 2.27. The topological polar surface area (TPSA) is 53.6 Å². The summed E-state index contributed by atoms with van der Waals surface area (Å²) in [6.45, 7) is 1.81. The second kappa shape index (κ2) is 8.33. The molecule has 2 aromatic rings. The second-order valence-electron chi connectivity index (χ2n) is 7.72. The largest absolute Gasteiger partial charge is 0.496 e. The molecule has 28 heavy (non-hydrogen) atoms. The number of hydrogen-bond donors (Lipinski definition) is 2. The van der Waals surface area contributed by atoms with E-state index >= 15 is 0 Å². The molecule has 0 bridgehead atoms. The summed E-state index contributed by atoms with van der Waals surface area (Å²) < 4.78 is 5.65. The first-order valence-electron chi connectivity index (χ1n) is 10.2. The number of benzene rings is 2. The SMILES string of the molecule is COc1cc2c(cc1CN[C@H]1CCCN[C@H]1c1ccccc1)CCC(=O)N2C. The van der Waals surface area contributed by atoms with Gasteiger partial charge in [0, 0.05) is 43.7 Å². The number of hydrogen-bond acceptors (Lipinski definition) is 4. The van der Waals surface area contributed by atoms with E-state index in [0.717, 1.165) is 42.9 Å². The van der Waals surface area contributed by atoms with Crippen LogP contribution in [0.25, 0.3) is 0 Å². The molecule has 0 aromatic heterocycles. The zero-order chi connectivity index (χ0) is 19.5.